The predicted molar refractivity (Wildman–Crippen MR) is 97.1 cm³/mol. The van der Waals surface area contributed by atoms with E-state index in [1.54, 1.807) is 26.0 Å². The van der Waals surface area contributed by atoms with Crippen molar-refractivity contribution >= 4 is 5.91 Å². The number of hydrogen-bond donors (Lipinski definition) is 2. The SMILES string of the molecule is CC(NC(=O)C(C)C(N)c1ccccc1)c1ccc(OCC(F)(F)F)cc1. The van der Waals surface area contributed by atoms with Gasteiger partial charge in [0.25, 0.3) is 0 Å². The van der Waals surface area contributed by atoms with E-state index in [9.17, 15) is 18.0 Å². The van der Waals surface area contributed by atoms with E-state index in [2.05, 4.69) is 10.1 Å². The van der Waals surface area contributed by atoms with Crippen molar-refractivity contribution in [2.24, 2.45) is 11.7 Å². The van der Waals surface area contributed by atoms with Crippen molar-refractivity contribution in [3.63, 3.8) is 0 Å². The second-order valence-corrected chi connectivity index (χ2v) is 6.43. The number of amides is 1. The Hall–Kier alpha value is -2.54. The predicted octanol–water partition coefficient (Wildman–Crippen LogP) is 4.14. The van der Waals surface area contributed by atoms with Crippen LogP contribution in [0.15, 0.2) is 54.6 Å². The van der Waals surface area contributed by atoms with Crippen LogP contribution < -0.4 is 15.8 Å². The summed E-state index contributed by atoms with van der Waals surface area (Å²) in [6.07, 6.45) is -4.38. The average Bonchev–Trinajstić information content (AvgIpc) is 2.65. The molecule has 0 aliphatic heterocycles. The van der Waals surface area contributed by atoms with Gasteiger partial charge in [-0.25, -0.2) is 0 Å². The number of rotatable bonds is 7. The van der Waals surface area contributed by atoms with Crippen LogP contribution in [0.4, 0.5) is 13.2 Å². The van der Waals surface area contributed by atoms with Crippen molar-refractivity contribution in [2.45, 2.75) is 32.1 Å². The van der Waals surface area contributed by atoms with Crippen molar-refractivity contribution < 1.29 is 22.7 Å². The van der Waals surface area contributed by atoms with Crippen LogP contribution in [0.25, 0.3) is 0 Å². The van der Waals surface area contributed by atoms with E-state index in [1.807, 2.05) is 30.3 Å². The normalized spacial score (nSPS) is 14.9. The third-order valence-corrected chi connectivity index (χ3v) is 4.28. The summed E-state index contributed by atoms with van der Waals surface area (Å²) in [4.78, 5) is 12.5. The Morgan fingerprint density at radius 1 is 1.04 bits per heavy atom. The maximum Gasteiger partial charge on any atom is 0.422 e. The molecule has 0 heterocycles. The van der Waals surface area contributed by atoms with Crippen LogP contribution in [-0.2, 0) is 4.79 Å². The summed E-state index contributed by atoms with van der Waals surface area (Å²) < 4.78 is 41.2. The standard InChI is InChI=1S/C20H23F3N2O2/c1-13(18(24)16-6-4-3-5-7-16)19(26)25-14(2)15-8-10-17(11-9-15)27-12-20(21,22)23/h3-11,13-14,18H,12,24H2,1-2H3,(H,25,26). The average molecular weight is 380 g/mol. The lowest BCUT2D eigenvalue weighted by Crippen LogP contribution is -2.36. The summed E-state index contributed by atoms with van der Waals surface area (Å²) in [5, 5.41) is 2.88. The van der Waals surface area contributed by atoms with Crippen LogP contribution in [0.3, 0.4) is 0 Å². The minimum Gasteiger partial charge on any atom is -0.484 e. The summed E-state index contributed by atoms with van der Waals surface area (Å²) in [6, 6.07) is 14.7. The monoisotopic (exact) mass is 380 g/mol. The molecule has 0 saturated carbocycles. The molecular weight excluding hydrogens is 357 g/mol. The molecule has 2 aromatic carbocycles. The lowest BCUT2D eigenvalue weighted by molar-refractivity contribution is -0.153. The van der Waals surface area contributed by atoms with Gasteiger partial charge in [-0.2, -0.15) is 13.2 Å². The van der Waals surface area contributed by atoms with Crippen LogP contribution >= 0.6 is 0 Å². The molecule has 2 aromatic rings. The first-order chi connectivity index (χ1) is 12.7. The minimum absolute atomic E-state index is 0.120. The van der Waals surface area contributed by atoms with Gasteiger partial charge in [0.1, 0.15) is 5.75 Å². The molecule has 27 heavy (non-hydrogen) atoms. The smallest absolute Gasteiger partial charge is 0.422 e. The van der Waals surface area contributed by atoms with Crippen molar-refractivity contribution in [1.29, 1.82) is 0 Å². The topological polar surface area (TPSA) is 64.4 Å². The van der Waals surface area contributed by atoms with Gasteiger partial charge in [-0.3, -0.25) is 4.79 Å². The highest BCUT2D eigenvalue weighted by Gasteiger charge is 2.28. The molecule has 3 unspecified atom stereocenters. The fraction of sp³-hybridized carbons (Fsp3) is 0.350. The van der Waals surface area contributed by atoms with Crippen molar-refractivity contribution in [3.8, 4) is 5.75 Å². The van der Waals surface area contributed by atoms with E-state index in [1.165, 1.54) is 12.1 Å². The van der Waals surface area contributed by atoms with Crippen LogP contribution in [0.2, 0.25) is 0 Å². The fourth-order valence-corrected chi connectivity index (χ4v) is 2.57. The van der Waals surface area contributed by atoms with E-state index in [0.717, 1.165) is 11.1 Å². The van der Waals surface area contributed by atoms with E-state index in [0.29, 0.717) is 0 Å². The van der Waals surface area contributed by atoms with Gasteiger partial charge in [0.05, 0.1) is 12.0 Å². The summed E-state index contributed by atoms with van der Waals surface area (Å²) in [5.41, 5.74) is 7.80. The molecule has 3 atom stereocenters. The molecule has 0 spiro atoms. The third-order valence-electron chi connectivity index (χ3n) is 4.28. The number of alkyl halides is 3. The van der Waals surface area contributed by atoms with Gasteiger partial charge >= 0.3 is 6.18 Å². The number of nitrogens with two attached hydrogens (primary N) is 1. The lowest BCUT2D eigenvalue weighted by Gasteiger charge is -2.22. The summed E-state index contributed by atoms with van der Waals surface area (Å²) >= 11 is 0. The van der Waals surface area contributed by atoms with Crippen LogP contribution in [0.1, 0.15) is 37.1 Å². The zero-order valence-corrected chi connectivity index (χ0v) is 15.2. The molecule has 0 aliphatic carbocycles. The summed E-state index contributed by atoms with van der Waals surface area (Å²) in [5.74, 6) is -0.519. The molecule has 0 aromatic heterocycles. The molecule has 0 aliphatic rings. The van der Waals surface area contributed by atoms with Crippen molar-refractivity contribution in [2.75, 3.05) is 6.61 Å². The third kappa shape index (κ3) is 6.29. The minimum atomic E-state index is -4.38. The van der Waals surface area contributed by atoms with Crippen molar-refractivity contribution in [1.82, 2.24) is 5.32 Å². The van der Waals surface area contributed by atoms with Crippen LogP contribution in [0, 0.1) is 5.92 Å². The zero-order valence-electron chi connectivity index (χ0n) is 15.2. The molecule has 0 saturated heterocycles. The number of benzene rings is 2. The van der Waals surface area contributed by atoms with Crippen LogP contribution in [0.5, 0.6) is 5.75 Å². The van der Waals surface area contributed by atoms with Gasteiger partial charge < -0.3 is 15.8 Å². The first kappa shape index (κ1) is 20.8. The van der Waals surface area contributed by atoms with Gasteiger partial charge in [0.2, 0.25) is 5.91 Å². The first-order valence-electron chi connectivity index (χ1n) is 8.58. The molecule has 4 nitrogen and oxygen atoms in total. The Morgan fingerprint density at radius 2 is 1.63 bits per heavy atom. The molecule has 3 N–H and O–H groups in total. The Morgan fingerprint density at radius 3 is 2.19 bits per heavy atom. The van der Waals surface area contributed by atoms with E-state index in [4.69, 9.17) is 5.73 Å². The van der Waals surface area contributed by atoms with Gasteiger partial charge in [0, 0.05) is 6.04 Å². The summed E-state index contributed by atoms with van der Waals surface area (Å²) in [6.45, 7) is 2.21. The Kier molecular flexibility index (Phi) is 6.85. The van der Waals surface area contributed by atoms with Gasteiger partial charge in [-0.15, -0.1) is 0 Å². The lowest BCUT2D eigenvalue weighted by atomic mass is 9.94. The number of halogens is 3. The number of carbonyl (C=O) groups is 1. The highest BCUT2D eigenvalue weighted by atomic mass is 19.4. The van der Waals surface area contributed by atoms with E-state index < -0.39 is 24.7 Å². The molecule has 0 radical (unpaired) electrons. The van der Waals surface area contributed by atoms with Gasteiger partial charge in [-0.05, 0) is 30.2 Å². The Balaban J connectivity index is 1.93. The van der Waals surface area contributed by atoms with Crippen molar-refractivity contribution in [3.05, 3.63) is 65.7 Å². The highest BCUT2D eigenvalue weighted by molar-refractivity contribution is 5.79. The molecule has 0 bridgehead atoms. The molecule has 1 amide bonds. The first-order valence-corrected chi connectivity index (χ1v) is 8.58. The van der Waals surface area contributed by atoms with Crippen LogP contribution in [-0.4, -0.2) is 18.7 Å². The summed E-state index contributed by atoms with van der Waals surface area (Å²) in [7, 11) is 0. The number of ether oxygens (including phenoxy) is 1. The Bertz CT molecular complexity index is 733. The fourth-order valence-electron chi connectivity index (χ4n) is 2.57. The molecule has 7 heteroatoms. The second kappa shape index (κ2) is 8.90. The Labute approximate surface area is 156 Å². The second-order valence-electron chi connectivity index (χ2n) is 6.43. The van der Waals surface area contributed by atoms with E-state index >= 15 is 0 Å². The van der Waals surface area contributed by atoms with Gasteiger partial charge in [-0.1, -0.05) is 49.4 Å². The molecule has 0 fully saturated rings. The maximum absolute atomic E-state index is 12.5. The maximum atomic E-state index is 12.5. The highest BCUT2D eigenvalue weighted by Crippen LogP contribution is 2.23. The number of nitrogens with one attached hydrogen (secondary N) is 1. The largest absolute Gasteiger partial charge is 0.484 e. The number of hydrogen-bond acceptors (Lipinski definition) is 3. The van der Waals surface area contributed by atoms with E-state index in [-0.39, 0.29) is 17.7 Å². The quantitative estimate of drug-likeness (QED) is 0.759. The zero-order chi connectivity index (χ0) is 20.0. The molecular formula is C20H23F3N2O2. The molecule has 146 valence electrons. The molecule has 2 rings (SSSR count). The van der Waals surface area contributed by atoms with Gasteiger partial charge in [0.15, 0.2) is 6.61 Å². The number of carbonyl (C=O) groups excluding carboxylic acids is 1.